The minimum absolute atomic E-state index is 0.0238. The second-order valence-corrected chi connectivity index (χ2v) is 4.00. The Hall–Kier alpha value is -1.51. The monoisotopic (exact) mass is 206 g/mol. The lowest BCUT2D eigenvalue weighted by atomic mass is 9.99. The van der Waals surface area contributed by atoms with E-state index in [0.717, 1.165) is 36.8 Å². The van der Waals surface area contributed by atoms with Crippen LogP contribution in [0, 0.1) is 0 Å². The van der Waals surface area contributed by atoms with Crippen molar-refractivity contribution in [3.63, 3.8) is 0 Å². The number of aromatic carboxylic acids is 1. The molecule has 0 saturated carbocycles. The molecule has 1 aliphatic rings. The van der Waals surface area contributed by atoms with Crippen LogP contribution in [0.3, 0.4) is 0 Å². The summed E-state index contributed by atoms with van der Waals surface area (Å²) in [5.74, 6) is -1.16. The number of aryl methyl sites for hydroxylation is 2. The van der Waals surface area contributed by atoms with E-state index in [-0.39, 0.29) is 11.3 Å². The molecular formula is C12H14O3. The van der Waals surface area contributed by atoms with Gasteiger partial charge in [-0.15, -0.1) is 0 Å². The summed E-state index contributed by atoms with van der Waals surface area (Å²) in [4.78, 5) is 10.8. The summed E-state index contributed by atoms with van der Waals surface area (Å²) in [6.07, 6.45) is 5.28. The summed E-state index contributed by atoms with van der Waals surface area (Å²) in [6, 6.07) is 3.24. The Bertz CT molecular complexity index is 396. The molecule has 3 nitrogen and oxygen atoms in total. The molecule has 0 atom stereocenters. The van der Waals surface area contributed by atoms with E-state index in [4.69, 9.17) is 5.11 Å². The molecule has 0 heterocycles. The smallest absolute Gasteiger partial charge is 0.339 e. The van der Waals surface area contributed by atoms with Crippen molar-refractivity contribution in [3.05, 3.63) is 28.8 Å². The average Bonchev–Trinajstić information content (AvgIpc) is 2.40. The molecule has 0 fully saturated rings. The number of hydrogen-bond acceptors (Lipinski definition) is 2. The lowest BCUT2D eigenvalue weighted by Crippen LogP contribution is -2.01. The van der Waals surface area contributed by atoms with E-state index in [1.807, 2.05) is 0 Å². The Labute approximate surface area is 88.4 Å². The maximum Gasteiger partial charge on any atom is 0.339 e. The molecule has 0 spiro atoms. The number of hydrogen-bond donors (Lipinski definition) is 2. The predicted molar refractivity (Wildman–Crippen MR) is 56.3 cm³/mol. The molecule has 0 aliphatic heterocycles. The number of aromatic hydroxyl groups is 1. The fourth-order valence-corrected chi connectivity index (χ4v) is 2.12. The molecule has 0 bridgehead atoms. The van der Waals surface area contributed by atoms with Crippen LogP contribution in [-0.4, -0.2) is 16.2 Å². The van der Waals surface area contributed by atoms with Crippen LogP contribution >= 0.6 is 0 Å². The SMILES string of the molecule is O=C(O)c1cc2c(cc1O)CCCCC2. The van der Waals surface area contributed by atoms with Crippen LogP contribution in [0.4, 0.5) is 0 Å². The van der Waals surface area contributed by atoms with Crippen molar-refractivity contribution in [2.75, 3.05) is 0 Å². The summed E-state index contributed by atoms with van der Waals surface area (Å²) < 4.78 is 0. The van der Waals surface area contributed by atoms with E-state index in [9.17, 15) is 9.90 Å². The Morgan fingerprint density at radius 3 is 2.27 bits per heavy atom. The van der Waals surface area contributed by atoms with Gasteiger partial charge in [0, 0.05) is 0 Å². The standard InChI is InChI=1S/C12H14O3/c13-11-7-9-5-3-1-2-4-8(9)6-10(11)12(14)15/h6-7,13H,1-5H2,(H,14,15). The van der Waals surface area contributed by atoms with Crippen molar-refractivity contribution >= 4 is 5.97 Å². The maximum absolute atomic E-state index is 10.8. The summed E-state index contributed by atoms with van der Waals surface area (Å²) >= 11 is 0. The van der Waals surface area contributed by atoms with Gasteiger partial charge in [-0.1, -0.05) is 6.42 Å². The van der Waals surface area contributed by atoms with Crippen molar-refractivity contribution in [2.45, 2.75) is 32.1 Å². The molecule has 2 N–H and O–H groups in total. The van der Waals surface area contributed by atoms with Gasteiger partial charge in [-0.2, -0.15) is 0 Å². The van der Waals surface area contributed by atoms with Crippen LogP contribution in [0.2, 0.25) is 0 Å². The number of carboxylic acid groups (broad SMARTS) is 1. The van der Waals surface area contributed by atoms with Gasteiger partial charge in [0.05, 0.1) is 0 Å². The summed E-state index contributed by atoms with van der Waals surface area (Å²) in [5.41, 5.74) is 2.22. The van der Waals surface area contributed by atoms with Gasteiger partial charge in [-0.3, -0.25) is 0 Å². The first-order valence-electron chi connectivity index (χ1n) is 5.26. The Kier molecular flexibility index (Phi) is 2.62. The number of phenols is 1. The highest BCUT2D eigenvalue weighted by molar-refractivity contribution is 5.91. The molecule has 0 aromatic heterocycles. The number of carboxylic acids is 1. The van der Waals surface area contributed by atoms with Gasteiger partial charge in [0.25, 0.3) is 0 Å². The number of carbonyl (C=O) groups is 1. The zero-order valence-corrected chi connectivity index (χ0v) is 8.49. The highest BCUT2D eigenvalue weighted by Gasteiger charge is 2.15. The fourth-order valence-electron chi connectivity index (χ4n) is 2.12. The first kappa shape index (κ1) is 10.0. The van der Waals surface area contributed by atoms with Crippen molar-refractivity contribution in [1.82, 2.24) is 0 Å². The third kappa shape index (κ3) is 1.96. The third-order valence-electron chi connectivity index (χ3n) is 2.94. The van der Waals surface area contributed by atoms with E-state index in [1.165, 1.54) is 6.42 Å². The Balaban J connectivity index is 2.47. The van der Waals surface area contributed by atoms with Gasteiger partial charge >= 0.3 is 5.97 Å². The molecule has 1 aliphatic carbocycles. The zero-order valence-electron chi connectivity index (χ0n) is 8.49. The van der Waals surface area contributed by atoms with Crippen molar-refractivity contribution in [2.24, 2.45) is 0 Å². The average molecular weight is 206 g/mol. The van der Waals surface area contributed by atoms with Gasteiger partial charge in [-0.05, 0) is 48.9 Å². The number of rotatable bonds is 1. The second-order valence-electron chi connectivity index (χ2n) is 4.00. The normalized spacial score (nSPS) is 15.5. The first-order chi connectivity index (χ1) is 7.18. The van der Waals surface area contributed by atoms with E-state index < -0.39 is 5.97 Å². The molecular weight excluding hydrogens is 192 g/mol. The van der Waals surface area contributed by atoms with Crippen LogP contribution < -0.4 is 0 Å². The molecule has 3 heteroatoms. The van der Waals surface area contributed by atoms with Gasteiger partial charge in [0.15, 0.2) is 0 Å². The lowest BCUT2D eigenvalue weighted by molar-refractivity contribution is 0.0693. The lowest BCUT2D eigenvalue weighted by Gasteiger charge is -2.08. The zero-order chi connectivity index (χ0) is 10.8. The Morgan fingerprint density at radius 1 is 1.07 bits per heavy atom. The van der Waals surface area contributed by atoms with Crippen LogP contribution in [0.5, 0.6) is 5.75 Å². The molecule has 1 aromatic carbocycles. The van der Waals surface area contributed by atoms with Crippen LogP contribution in [-0.2, 0) is 12.8 Å². The quantitative estimate of drug-likeness (QED) is 0.693. The maximum atomic E-state index is 10.8. The molecule has 1 aromatic rings. The summed E-state index contributed by atoms with van der Waals surface area (Å²) in [5, 5.41) is 18.4. The van der Waals surface area contributed by atoms with Crippen LogP contribution in [0.1, 0.15) is 40.7 Å². The minimum atomic E-state index is -1.06. The molecule has 0 saturated heterocycles. The second kappa shape index (κ2) is 3.93. The molecule has 0 unspecified atom stereocenters. The third-order valence-corrected chi connectivity index (χ3v) is 2.94. The highest BCUT2D eigenvalue weighted by atomic mass is 16.4. The van der Waals surface area contributed by atoms with Gasteiger partial charge in [0.2, 0.25) is 0 Å². The molecule has 0 amide bonds. The topological polar surface area (TPSA) is 57.5 Å². The van der Waals surface area contributed by atoms with Gasteiger partial charge in [0.1, 0.15) is 11.3 Å². The predicted octanol–water partition coefficient (Wildman–Crippen LogP) is 2.36. The van der Waals surface area contributed by atoms with Crippen molar-refractivity contribution in [3.8, 4) is 5.75 Å². The van der Waals surface area contributed by atoms with Crippen LogP contribution in [0.25, 0.3) is 0 Å². The van der Waals surface area contributed by atoms with Gasteiger partial charge < -0.3 is 10.2 Å². The van der Waals surface area contributed by atoms with E-state index in [2.05, 4.69) is 0 Å². The van der Waals surface area contributed by atoms with Crippen molar-refractivity contribution < 1.29 is 15.0 Å². The van der Waals surface area contributed by atoms with Crippen molar-refractivity contribution in [1.29, 1.82) is 0 Å². The van der Waals surface area contributed by atoms with Crippen LogP contribution in [0.15, 0.2) is 12.1 Å². The summed E-state index contributed by atoms with van der Waals surface area (Å²) in [7, 11) is 0. The van der Waals surface area contributed by atoms with Gasteiger partial charge in [-0.25, -0.2) is 4.79 Å². The highest BCUT2D eigenvalue weighted by Crippen LogP contribution is 2.27. The number of benzene rings is 1. The molecule has 0 radical (unpaired) electrons. The largest absolute Gasteiger partial charge is 0.507 e. The Morgan fingerprint density at radius 2 is 1.67 bits per heavy atom. The molecule has 2 rings (SSSR count). The molecule has 80 valence electrons. The van der Waals surface area contributed by atoms with E-state index in [0.29, 0.717) is 0 Å². The first-order valence-corrected chi connectivity index (χ1v) is 5.26. The summed E-state index contributed by atoms with van der Waals surface area (Å²) in [6.45, 7) is 0. The number of fused-ring (bicyclic) bond motifs is 1. The van der Waals surface area contributed by atoms with E-state index in [1.54, 1.807) is 12.1 Å². The van der Waals surface area contributed by atoms with E-state index >= 15 is 0 Å². The fraction of sp³-hybridized carbons (Fsp3) is 0.417. The molecule has 15 heavy (non-hydrogen) atoms. The minimum Gasteiger partial charge on any atom is -0.507 e.